The van der Waals surface area contributed by atoms with Gasteiger partial charge in [0.1, 0.15) is 0 Å². The van der Waals surface area contributed by atoms with E-state index in [1.165, 1.54) is 0 Å². The molecule has 0 radical (unpaired) electrons. The highest BCUT2D eigenvalue weighted by molar-refractivity contribution is 6.55. The molecule has 0 atom stereocenters. The molecule has 1 saturated heterocycles. The summed E-state index contributed by atoms with van der Waals surface area (Å²) in [6.07, 6.45) is 12.6. The molecule has 5 nitrogen and oxygen atoms in total. The van der Waals surface area contributed by atoms with Gasteiger partial charge in [0.15, 0.2) is 5.82 Å². The minimum atomic E-state index is -0.403. The molecule has 1 aliphatic heterocycles. The van der Waals surface area contributed by atoms with Gasteiger partial charge in [0.25, 0.3) is 0 Å². The molecule has 6 heteroatoms. The Morgan fingerprint density at radius 2 is 1.67 bits per heavy atom. The first-order chi connectivity index (χ1) is 12.6. The lowest BCUT2D eigenvalue weighted by Crippen LogP contribution is -2.41. The summed E-state index contributed by atoms with van der Waals surface area (Å²) in [7, 11) is 1.33. The van der Waals surface area contributed by atoms with Crippen LogP contribution in [0.1, 0.15) is 59.4 Å². The van der Waals surface area contributed by atoms with Gasteiger partial charge in [0.05, 0.1) is 16.8 Å². The van der Waals surface area contributed by atoms with Crippen molar-refractivity contribution in [2.45, 2.75) is 64.8 Å². The summed E-state index contributed by atoms with van der Waals surface area (Å²) in [6.45, 7) is 12.3. The van der Waals surface area contributed by atoms with Crippen LogP contribution in [0.4, 0.5) is 0 Å². The molecule has 1 aliphatic carbocycles. The van der Waals surface area contributed by atoms with Crippen LogP contribution in [0.15, 0.2) is 42.2 Å². The van der Waals surface area contributed by atoms with Crippen molar-refractivity contribution in [3.05, 3.63) is 53.6 Å². The third-order valence-electron chi connectivity index (χ3n) is 5.81. The van der Waals surface area contributed by atoms with Gasteiger partial charge >= 0.3 is 7.12 Å². The van der Waals surface area contributed by atoms with Crippen molar-refractivity contribution in [3.63, 3.8) is 0 Å². The molecular formula is C21H29BN2O3. The van der Waals surface area contributed by atoms with E-state index < -0.39 is 5.60 Å². The molecule has 2 aliphatic rings. The van der Waals surface area contributed by atoms with E-state index in [4.69, 9.17) is 14.0 Å². The van der Waals surface area contributed by atoms with Crippen molar-refractivity contribution in [2.24, 2.45) is 0 Å². The van der Waals surface area contributed by atoms with E-state index in [-0.39, 0.29) is 18.3 Å². The topological polar surface area (TPSA) is 53.5 Å². The fraction of sp³-hybridized carbons (Fsp3) is 0.524. The fourth-order valence-electron chi connectivity index (χ4n) is 2.88. The number of nitrogens with zero attached hydrogens (tertiary/aromatic N) is 2. The number of allylic oxidation sites excluding steroid dienone is 6. The Morgan fingerprint density at radius 3 is 2.22 bits per heavy atom. The molecule has 144 valence electrons. The first-order valence-electron chi connectivity index (χ1n) is 9.37. The molecule has 27 heavy (non-hydrogen) atoms. The highest BCUT2D eigenvalue weighted by atomic mass is 16.7. The van der Waals surface area contributed by atoms with Gasteiger partial charge in [0.2, 0.25) is 0 Å². The zero-order valence-corrected chi connectivity index (χ0v) is 17.4. The Labute approximate surface area is 162 Å². The van der Waals surface area contributed by atoms with Gasteiger partial charge in [-0.2, -0.15) is 0 Å². The Balaban J connectivity index is 1.75. The van der Waals surface area contributed by atoms with Crippen LogP contribution in [0, 0.1) is 0 Å². The van der Waals surface area contributed by atoms with Crippen LogP contribution >= 0.6 is 0 Å². The van der Waals surface area contributed by atoms with Crippen molar-refractivity contribution in [1.29, 1.82) is 0 Å². The summed E-state index contributed by atoms with van der Waals surface area (Å²) in [6, 6.07) is 0. The van der Waals surface area contributed by atoms with Crippen LogP contribution in [0.3, 0.4) is 0 Å². The Kier molecular flexibility index (Phi) is 5.19. The van der Waals surface area contributed by atoms with E-state index in [9.17, 15) is 0 Å². The van der Waals surface area contributed by atoms with Gasteiger partial charge < -0.3 is 14.0 Å². The predicted octanol–water partition coefficient (Wildman–Crippen LogP) is 4.26. The molecule has 2 heterocycles. The third kappa shape index (κ3) is 3.93. The normalized spacial score (nSPS) is 21.7. The fourth-order valence-corrected chi connectivity index (χ4v) is 2.88. The molecule has 0 N–H and O–H groups in total. The minimum absolute atomic E-state index is 0.345. The minimum Gasteiger partial charge on any atom is -0.399 e. The van der Waals surface area contributed by atoms with Gasteiger partial charge in [-0.15, -0.1) is 0 Å². The quantitative estimate of drug-likeness (QED) is 0.744. The van der Waals surface area contributed by atoms with Crippen LogP contribution in [0.25, 0.3) is 5.57 Å². The maximum Gasteiger partial charge on any atom is 0.494 e. The number of methoxy groups -OCH3 is 1. The SMILES string of the molecule is COC(C)(C)c1cnc(C2=CC=CC(B3OC(C)(C)C(C)(C)O3)=CC2)nc1. The molecule has 0 amide bonds. The molecule has 0 unspecified atom stereocenters. The standard InChI is InChI=1S/C21H29BN2O3/c1-19(2,25-7)16-13-23-18(24-14-16)15-9-8-10-17(12-11-15)22-26-20(3,4)21(5,6)27-22/h8-10,12-14H,11H2,1-7H3. The van der Waals surface area contributed by atoms with Crippen molar-refractivity contribution < 1.29 is 14.0 Å². The second-order valence-corrected chi connectivity index (χ2v) is 8.56. The largest absolute Gasteiger partial charge is 0.494 e. The summed E-state index contributed by atoms with van der Waals surface area (Å²) < 4.78 is 17.8. The van der Waals surface area contributed by atoms with Crippen LogP contribution in [-0.2, 0) is 19.6 Å². The highest BCUT2D eigenvalue weighted by Gasteiger charge is 2.52. The Morgan fingerprint density at radius 1 is 1.07 bits per heavy atom. The summed E-state index contributed by atoms with van der Waals surface area (Å²) in [5, 5.41) is 0. The van der Waals surface area contributed by atoms with Crippen LogP contribution in [-0.4, -0.2) is 35.4 Å². The van der Waals surface area contributed by atoms with E-state index in [1.54, 1.807) is 7.11 Å². The van der Waals surface area contributed by atoms with Gasteiger partial charge in [-0.1, -0.05) is 24.3 Å². The first kappa shape index (κ1) is 20.0. The average molecular weight is 368 g/mol. The van der Waals surface area contributed by atoms with Gasteiger partial charge in [-0.05, 0) is 53.4 Å². The number of aromatic nitrogens is 2. The first-order valence-corrected chi connectivity index (χ1v) is 9.37. The lowest BCUT2D eigenvalue weighted by molar-refractivity contribution is 0.00578. The molecule has 1 aromatic rings. The van der Waals surface area contributed by atoms with Crippen molar-refractivity contribution in [1.82, 2.24) is 9.97 Å². The second-order valence-electron chi connectivity index (χ2n) is 8.56. The molecule has 0 saturated carbocycles. The van der Waals surface area contributed by atoms with Crippen LogP contribution in [0.5, 0.6) is 0 Å². The van der Waals surface area contributed by atoms with E-state index in [0.29, 0.717) is 0 Å². The summed E-state index contributed by atoms with van der Waals surface area (Å²) in [5.74, 6) is 0.724. The lowest BCUT2D eigenvalue weighted by atomic mass is 9.77. The van der Waals surface area contributed by atoms with Gasteiger partial charge in [0, 0.05) is 30.6 Å². The summed E-state index contributed by atoms with van der Waals surface area (Å²) in [4.78, 5) is 9.08. The molecule has 1 aromatic heterocycles. The van der Waals surface area contributed by atoms with Crippen LogP contribution in [0.2, 0.25) is 0 Å². The van der Waals surface area contributed by atoms with E-state index >= 15 is 0 Å². The number of hydrogen-bond donors (Lipinski definition) is 0. The molecule has 1 fully saturated rings. The zero-order chi connectivity index (χ0) is 19.9. The maximum atomic E-state index is 6.16. The molecule has 0 bridgehead atoms. The van der Waals surface area contributed by atoms with E-state index in [2.05, 4.69) is 43.7 Å². The Hall–Kier alpha value is -1.76. The monoisotopic (exact) mass is 368 g/mol. The van der Waals surface area contributed by atoms with Crippen molar-refractivity contribution in [2.75, 3.05) is 7.11 Å². The number of hydrogen-bond acceptors (Lipinski definition) is 5. The molecule has 0 aromatic carbocycles. The van der Waals surface area contributed by atoms with Crippen molar-refractivity contribution in [3.8, 4) is 0 Å². The van der Waals surface area contributed by atoms with E-state index in [1.807, 2.05) is 44.5 Å². The molecule has 0 spiro atoms. The van der Waals surface area contributed by atoms with Gasteiger partial charge in [-0.25, -0.2) is 9.97 Å². The number of ether oxygens (including phenoxy) is 1. The zero-order valence-electron chi connectivity index (χ0n) is 17.4. The van der Waals surface area contributed by atoms with Gasteiger partial charge in [-0.3, -0.25) is 0 Å². The average Bonchev–Trinajstić information content (AvgIpc) is 2.78. The molecular weight excluding hydrogens is 339 g/mol. The highest BCUT2D eigenvalue weighted by Crippen LogP contribution is 2.39. The van der Waals surface area contributed by atoms with Crippen LogP contribution < -0.4 is 0 Å². The maximum absolute atomic E-state index is 6.16. The summed E-state index contributed by atoms with van der Waals surface area (Å²) in [5.41, 5.74) is 1.94. The van der Waals surface area contributed by atoms with Crippen molar-refractivity contribution >= 4 is 12.7 Å². The second kappa shape index (κ2) is 7.00. The van der Waals surface area contributed by atoms with E-state index in [0.717, 1.165) is 28.9 Å². The third-order valence-corrected chi connectivity index (χ3v) is 5.81. The number of rotatable bonds is 4. The lowest BCUT2D eigenvalue weighted by Gasteiger charge is -2.32. The Bertz CT molecular complexity index is 776. The molecule has 3 rings (SSSR count). The predicted molar refractivity (Wildman–Crippen MR) is 108 cm³/mol. The summed E-state index contributed by atoms with van der Waals surface area (Å²) >= 11 is 0. The smallest absolute Gasteiger partial charge is 0.399 e.